The first-order chi connectivity index (χ1) is 15.7. The van der Waals surface area contributed by atoms with E-state index in [0.29, 0.717) is 30.2 Å². The second-order valence-corrected chi connectivity index (χ2v) is 7.84. The van der Waals surface area contributed by atoms with Crippen molar-refractivity contribution in [3.8, 4) is 0 Å². The number of nitrogens with one attached hydrogen (secondary N) is 1. The maximum Gasteiger partial charge on any atom is 0.419 e. The molecule has 0 spiro atoms. The van der Waals surface area contributed by atoms with E-state index < -0.39 is 17.6 Å². The largest absolute Gasteiger partial charge is 0.419 e. The van der Waals surface area contributed by atoms with Crippen molar-refractivity contribution >= 4 is 17.5 Å². The number of rotatable bonds is 4. The zero-order chi connectivity index (χ0) is 23.6. The van der Waals surface area contributed by atoms with Gasteiger partial charge in [0.05, 0.1) is 11.3 Å². The van der Waals surface area contributed by atoms with Crippen LogP contribution in [-0.2, 0) is 6.18 Å². The van der Waals surface area contributed by atoms with Gasteiger partial charge in [-0.15, -0.1) is 0 Å². The van der Waals surface area contributed by atoms with Crippen LogP contribution in [0.25, 0.3) is 0 Å². The quantitative estimate of drug-likeness (QED) is 0.550. The zero-order valence-electron chi connectivity index (χ0n) is 17.7. The molecule has 0 bridgehead atoms. The standard InChI is InChI=1S/C23H21F4N5O/c1-14-29-19(12-20(30-14)31-21-18(23(25,26)27)5-2-10-28-21)16-4-3-11-32(13-16)22(33)15-6-8-17(24)9-7-15/h2,5-10,12,16H,3-4,11,13H2,1H3,(H,28,29,30,31). The molecule has 1 aliphatic rings. The minimum atomic E-state index is -4.56. The highest BCUT2D eigenvalue weighted by Gasteiger charge is 2.34. The lowest BCUT2D eigenvalue weighted by Crippen LogP contribution is -2.39. The van der Waals surface area contributed by atoms with E-state index >= 15 is 0 Å². The summed E-state index contributed by atoms with van der Waals surface area (Å²) < 4.78 is 53.1. The first-order valence-electron chi connectivity index (χ1n) is 10.4. The van der Waals surface area contributed by atoms with Crippen LogP contribution in [0.2, 0.25) is 0 Å². The van der Waals surface area contributed by atoms with Crippen LogP contribution in [0.15, 0.2) is 48.7 Å². The van der Waals surface area contributed by atoms with E-state index in [4.69, 9.17) is 0 Å². The first-order valence-corrected chi connectivity index (χ1v) is 10.4. The number of hydrogen-bond donors (Lipinski definition) is 1. The molecule has 1 saturated heterocycles. The number of benzene rings is 1. The molecule has 1 atom stereocenters. The van der Waals surface area contributed by atoms with Crippen LogP contribution in [0.1, 0.15) is 46.2 Å². The number of pyridine rings is 1. The van der Waals surface area contributed by atoms with Crippen LogP contribution in [-0.4, -0.2) is 38.8 Å². The Balaban J connectivity index is 1.55. The van der Waals surface area contributed by atoms with Gasteiger partial charge in [-0.3, -0.25) is 4.79 Å². The zero-order valence-corrected chi connectivity index (χ0v) is 17.7. The third-order valence-electron chi connectivity index (χ3n) is 5.44. The monoisotopic (exact) mass is 459 g/mol. The van der Waals surface area contributed by atoms with Crippen LogP contribution in [0.5, 0.6) is 0 Å². The molecule has 6 nitrogen and oxygen atoms in total. The minimum absolute atomic E-state index is 0.115. The van der Waals surface area contributed by atoms with Gasteiger partial charge < -0.3 is 10.2 Å². The fourth-order valence-corrected chi connectivity index (χ4v) is 3.90. The van der Waals surface area contributed by atoms with E-state index in [-0.39, 0.29) is 23.5 Å². The van der Waals surface area contributed by atoms with E-state index in [1.807, 2.05) is 0 Å². The second kappa shape index (κ2) is 9.13. The van der Waals surface area contributed by atoms with Gasteiger partial charge in [-0.2, -0.15) is 13.2 Å². The van der Waals surface area contributed by atoms with Crippen molar-refractivity contribution in [3.63, 3.8) is 0 Å². The van der Waals surface area contributed by atoms with Gasteiger partial charge >= 0.3 is 6.18 Å². The summed E-state index contributed by atoms with van der Waals surface area (Å²) in [5, 5.41) is 2.67. The number of carbonyl (C=O) groups excluding carboxylic acids is 1. The molecule has 3 aromatic rings. The molecule has 1 fully saturated rings. The highest BCUT2D eigenvalue weighted by atomic mass is 19.4. The smallest absolute Gasteiger partial charge is 0.338 e. The van der Waals surface area contributed by atoms with Crippen LogP contribution in [0.3, 0.4) is 0 Å². The molecule has 33 heavy (non-hydrogen) atoms. The number of likely N-dealkylation sites (tertiary alicyclic amines) is 1. The number of aromatic nitrogens is 3. The molecule has 3 heterocycles. The average molecular weight is 459 g/mol. The Hall–Kier alpha value is -3.56. The molecule has 0 radical (unpaired) electrons. The molecular formula is C23H21F4N5O. The van der Waals surface area contributed by atoms with Crippen LogP contribution in [0.4, 0.5) is 29.2 Å². The summed E-state index contributed by atoms with van der Waals surface area (Å²) >= 11 is 0. The molecule has 1 aromatic carbocycles. The van der Waals surface area contributed by atoms with E-state index in [1.54, 1.807) is 17.9 Å². The molecule has 0 saturated carbocycles. The maximum absolute atomic E-state index is 13.3. The van der Waals surface area contributed by atoms with Crippen molar-refractivity contribution < 1.29 is 22.4 Å². The van der Waals surface area contributed by atoms with Crippen LogP contribution in [0, 0.1) is 12.7 Å². The Bertz CT molecular complexity index is 1150. The predicted molar refractivity (Wildman–Crippen MR) is 114 cm³/mol. The highest BCUT2D eigenvalue weighted by molar-refractivity contribution is 5.94. The molecular weight excluding hydrogens is 438 g/mol. The van der Waals surface area contributed by atoms with Gasteiger partial charge in [0, 0.05) is 36.8 Å². The minimum Gasteiger partial charge on any atom is -0.338 e. The third-order valence-corrected chi connectivity index (χ3v) is 5.44. The molecule has 2 aromatic heterocycles. The Labute approximate surface area is 187 Å². The van der Waals surface area contributed by atoms with E-state index in [9.17, 15) is 22.4 Å². The Morgan fingerprint density at radius 3 is 2.64 bits per heavy atom. The number of aryl methyl sites for hydroxylation is 1. The van der Waals surface area contributed by atoms with Gasteiger partial charge in [-0.25, -0.2) is 19.3 Å². The van der Waals surface area contributed by atoms with Crippen molar-refractivity contribution in [1.82, 2.24) is 19.9 Å². The highest BCUT2D eigenvalue weighted by Crippen LogP contribution is 2.35. The number of hydrogen-bond acceptors (Lipinski definition) is 5. The molecule has 0 aliphatic carbocycles. The molecule has 1 N–H and O–H groups in total. The second-order valence-electron chi connectivity index (χ2n) is 7.84. The van der Waals surface area contributed by atoms with Gasteiger partial charge in [0.2, 0.25) is 0 Å². The van der Waals surface area contributed by atoms with Gasteiger partial charge in [0.25, 0.3) is 5.91 Å². The topological polar surface area (TPSA) is 71.0 Å². The molecule has 1 unspecified atom stereocenters. The third kappa shape index (κ3) is 5.27. The lowest BCUT2D eigenvalue weighted by Gasteiger charge is -2.32. The number of carbonyl (C=O) groups is 1. The van der Waals surface area contributed by atoms with Crippen molar-refractivity contribution in [2.45, 2.75) is 31.9 Å². The molecule has 10 heteroatoms. The lowest BCUT2D eigenvalue weighted by molar-refractivity contribution is -0.137. The fourth-order valence-electron chi connectivity index (χ4n) is 3.90. The number of nitrogens with zero attached hydrogens (tertiary/aromatic N) is 4. The normalized spacial score (nSPS) is 16.5. The number of amides is 1. The molecule has 1 aliphatic heterocycles. The summed E-state index contributed by atoms with van der Waals surface area (Å²) in [6.45, 7) is 2.61. The maximum atomic E-state index is 13.3. The molecule has 4 rings (SSSR count). The summed E-state index contributed by atoms with van der Waals surface area (Å²) in [4.78, 5) is 27.0. The van der Waals surface area contributed by atoms with Crippen molar-refractivity contribution in [2.75, 3.05) is 18.4 Å². The number of halogens is 4. The van der Waals surface area contributed by atoms with Crippen LogP contribution >= 0.6 is 0 Å². The van der Waals surface area contributed by atoms with Crippen molar-refractivity contribution in [1.29, 1.82) is 0 Å². The number of alkyl halides is 3. The summed E-state index contributed by atoms with van der Waals surface area (Å²) in [7, 11) is 0. The summed E-state index contributed by atoms with van der Waals surface area (Å²) in [5.41, 5.74) is 0.135. The summed E-state index contributed by atoms with van der Waals surface area (Å²) in [6.07, 6.45) is -1.79. The van der Waals surface area contributed by atoms with E-state index in [1.165, 1.54) is 36.5 Å². The van der Waals surface area contributed by atoms with Gasteiger partial charge in [-0.1, -0.05) is 0 Å². The molecule has 1 amide bonds. The SMILES string of the molecule is Cc1nc(Nc2ncccc2C(F)(F)F)cc(C2CCCN(C(=O)c3ccc(F)cc3)C2)n1. The Morgan fingerprint density at radius 1 is 1.15 bits per heavy atom. The van der Waals surface area contributed by atoms with Crippen molar-refractivity contribution in [2.24, 2.45) is 0 Å². The van der Waals surface area contributed by atoms with E-state index in [0.717, 1.165) is 18.9 Å². The molecule has 172 valence electrons. The summed E-state index contributed by atoms with van der Waals surface area (Å²) in [6, 6.07) is 9.15. The van der Waals surface area contributed by atoms with Crippen molar-refractivity contribution in [3.05, 3.63) is 77.1 Å². The van der Waals surface area contributed by atoms with Crippen LogP contribution < -0.4 is 5.32 Å². The fraction of sp³-hybridized carbons (Fsp3) is 0.304. The number of anilines is 2. The van der Waals surface area contributed by atoms with E-state index in [2.05, 4.69) is 20.3 Å². The summed E-state index contributed by atoms with van der Waals surface area (Å²) in [5.74, 6) is -0.486. The predicted octanol–water partition coefficient (Wildman–Crippen LogP) is 5.10. The van der Waals surface area contributed by atoms with Gasteiger partial charge in [0.1, 0.15) is 23.3 Å². The first kappa shape index (κ1) is 22.6. The van der Waals surface area contributed by atoms with Gasteiger partial charge in [-0.05, 0) is 56.2 Å². The lowest BCUT2D eigenvalue weighted by atomic mass is 9.94. The average Bonchev–Trinajstić information content (AvgIpc) is 2.78. The number of piperidine rings is 1. The van der Waals surface area contributed by atoms with Gasteiger partial charge in [0.15, 0.2) is 0 Å². The Morgan fingerprint density at radius 2 is 1.91 bits per heavy atom. The Kier molecular flexibility index (Phi) is 6.26.